The third kappa shape index (κ3) is 0.783. The highest BCUT2D eigenvalue weighted by molar-refractivity contribution is 5.56. The summed E-state index contributed by atoms with van der Waals surface area (Å²) in [4.78, 5) is 0. The molecule has 10 heavy (non-hydrogen) atoms. The van der Waals surface area contributed by atoms with Crippen molar-refractivity contribution in [2.24, 2.45) is 0 Å². The monoisotopic (exact) mass is 132 g/mol. The quantitative estimate of drug-likeness (QED) is 0.568. The van der Waals surface area contributed by atoms with Gasteiger partial charge in [-0.2, -0.15) is 0 Å². The first-order valence-electron chi connectivity index (χ1n) is 3.54. The molecule has 0 saturated carbocycles. The summed E-state index contributed by atoms with van der Waals surface area (Å²) in [5.41, 5.74) is 2.64. The second-order valence-corrected chi connectivity index (χ2v) is 2.70. The molecular weight excluding hydrogens is 122 g/mol. The first-order chi connectivity index (χ1) is 4.86. The van der Waals surface area contributed by atoms with E-state index < -0.39 is 0 Å². The summed E-state index contributed by atoms with van der Waals surface area (Å²) in [6.07, 6.45) is 1.07. The van der Waals surface area contributed by atoms with Gasteiger partial charge < -0.3 is 5.32 Å². The van der Waals surface area contributed by atoms with Crippen molar-refractivity contribution in [3.05, 3.63) is 36.8 Å². The Hall–Kier alpha value is -0.980. The van der Waals surface area contributed by atoms with E-state index in [9.17, 15) is 0 Å². The van der Waals surface area contributed by atoms with Crippen molar-refractivity contribution in [3.63, 3.8) is 0 Å². The summed E-state index contributed by atoms with van der Waals surface area (Å²) in [5, 5.41) is 3.29. The molecule has 1 N–H and O–H groups in total. The fourth-order valence-corrected chi connectivity index (χ4v) is 1.38. The summed E-state index contributed by atoms with van der Waals surface area (Å²) in [6, 6.07) is 8.73. The van der Waals surface area contributed by atoms with Gasteiger partial charge in [0.15, 0.2) is 0 Å². The Kier molecular flexibility index (Phi) is 1.16. The molecule has 0 bridgehead atoms. The average molecular weight is 132 g/mol. The Morgan fingerprint density at radius 2 is 2.20 bits per heavy atom. The van der Waals surface area contributed by atoms with Crippen LogP contribution in [-0.2, 0) is 6.42 Å². The first-order valence-corrected chi connectivity index (χ1v) is 3.54. The molecule has 51 valence electrons. The molecule has 1 heteroatoms. The first kappa shape index (κ1) is 5.78. The van der Waals surface area contributed by atoms with Crippen LogP contribution in [0.5, 0.6) is 0 Å². The molecule has 1 aliphatic rings. The predicted octanol–water partition coefficient (Wildman–Crippen LogP) is 1.86. The fourth-order valence-electron chi connectivity index (χ4n) is 1.38. The van der Waals surface area contributed by atoms with E-state index in [1.165, 1.54) is 11.3 Å². The third-order valence-corrected chi connectivity index (χ3v) is 1.84. The van der Waals surface area contributed by atoms with Gasteiger partial charge in [-0.15, -0.1) is 0 Å². The maximum atomic E-state index is 3.94. The van der Waals surface area contributed by atoms with E-state index in [2.05, 4.69) is 30.4 Å². The van der Waals surface area contributed by atoms with Gasteiger partial charge in [-0.25, -0.2) is 0 Å². The van der Waals surface area contributed by atoms with Crippen LogP contribution in [0.15, 0.2) is 24.3 Å². The van der Waals surface area contributed by atoms with Gasteiger partial charge in [0, 0.05) is 11.7 Å². The smallest absolute Gasteiger partial charge is 0.0375 e. The molecule has 0 saturated heterocycles. The highest BCUT2D eigenvalue weighted by Crippen LogP contribution is 2.24. The number of nitrogens with one attached hydrogen (secondary N) is 1. The number of benzene rings is 1. The summed E-state index contributed by atoms with van der Waals surface area (Å²) in [5.74, 6) is 0. The molecule has 1 heterocycles. The predicted molar refractivity (Wildman–Crippen MR) is 42.9 cm³/mol. The van der Waals surface area contributed by atoms with Gasteiger partial charge >= 0.3 is 0 Å². The zero-order chi connectivity index (χ0) is 6.97. The molecule has 0 aromatic heterocycles. The van der Waals surface area contributed by atoms with Crippen molar-refractivity contribution in [3.8, 4) is 0 Å². The lowest BCUT2D eigenvalue weighted by Crippen LogP contribution is -2.08. The Morgan fingerprint density at radius 3 is 3.00 bits per heavy atom. The van der Waals surface area contributed by atoms with Crippen molar-refractivity contribution in [1.82, 2.24) is 0 Å². The van der Waals surface area contributed by atoms with E-state index in [1.54, 1.807) is 0 Å². The van der Waals surface area contributed by atoms with Gasteiger partial charge in [0.2, 0.25) is 0 Å². The molecule has 1 aromatic rings. The molecule has 1 aromatic carbocycles. The molecule has 2 rings (SSSR count). The zero-order valence-corrected chi connectivity index (χ0v) is 5.80. The van der Waals surface area contributed by atoms with Gasteiger partial charge in [-0.05, 0) is 25.0 Å². The van der Waals surface area contributed by atoms with E-state index in [0.29, 0.717) is 6.04 Å². The molecule has 1 aliphatic heterocycles. The van der Waals surface area contributed by atoms with Crippen LogP contribution in [0.4, 0.5) is 5.69 Å². The second-order valence-electron chi connectivity index (χ2n) is 2.70. The van der Waals surface area contributed by atoms with Crippen molar-refractivity contribution >= 4 is 5.69 Å². The molecule has 0 spiro atoms. The SMILES string of the molecule is [CH2][C@H]1Cc2ccccc2N1. The van der Waals surface area contributed by atoms with Crippen molar-refractivity contribution in [2.45, 2.75) is 12.5 Å². The standard InChI is InChI=1S/C9H10N/c1-7-6-8-4-2-3-5-9(8)10-7/h2-5,7,10H,1,6H2/t7-/m0/s1. The van der Waals surface area contributed by atoms with Crippen LogP contribution < -0.4 is 5.32 Å². The minimum Gasteiger partial charge on any atom is -0.382 e. The number of rotatable bonds is 0. The summed E-state index contributed by atoms with van der Waals surface area (Å²) in [6.45, 7) is 3.94. The maximum Gasteiger partial charge on any atom is 0.0375 e. The second kappa shape index (κ2) is 2.01. The number of hydrogen-bond donors (Lipinski definition) is 1. The lowest BCUT2D eigenvalue weighted by molar-refractivity contribution is 0.921. The van der Waals surface area contributed by atoms with Crippen LogP contribution >= 0.6 is 0 Å². The Bertz CT molecular complexity index is 217. The summed E-state index contributed by atoms with van der Waals surface area (Å²) >= 11 is 0. The lowest BCUT2D eigenvalue weighted by atomic mass is 10.1. The van der Waals surface area contributed by atoms with Crippen LogP contribution in [0.25, 0.3) is 0 Å². The topological polar surface area (TPSA) is 12.0 Å². The number of fused-ring (bicyclic) bond motifs is 1. The highest BCUT2D eigenvalue weighted by atomic mass is 14.9. The average Bonchev–Trinajstić information content (AvgIpc) is 2.27. The van der Waals surface area contributed by atoms with Gasteiger partial charge in [0.1, 0.15) is 0 Å². The Balaban J connectivity index is 2.42. The minimum atomic E-state index is 0.373. The highest BCUT2D eigenvalue weighted by Gasteiger charge is 2.14. The molecule has 0 unspecified atom stereocenters. The van der Waals surface area contributed by atoms with Crippen LogP contribution in [0.2, 0.25) is 0 Å². The number of para-hydroxylation sites is 1. The van der Waals surface area contributed by atoms with Crippen LogP contribution in [0.1, 0.15) is 5.56 Å². The summed E-state index contributed by atoms with van der Waals surface area (Å²) < 4.78 is 0. The zero-order valence-electron chi connectivity index (χ0n) is 5.80. The van der Waals surface area contributed by atoms with Crippen LogP contribution in [-0.4, -0.2) is 6.04 Å². The fraction of sp³-hybridized carbons (Fsp3) is 0.222. The van der Waals surface area contributed by atoms with Crippen molar-refractivity contribution in [1.29, 1.82) is 0 Å². The third-order valence-electron chi connectivity index (χ3n) is 1.84. The largest absolute Gasteiger partial charge is 0.382 e. The Labute approximate surface area is 61.1 Å². The molecular formula is C9H10N. The van der Waals surface area contributed by atoms with Crippen LogP contribution in [0, 0.1) is 6.92 Å². The molecule has 0 amide bonds. The maximum absolute atomic E-state index is 3.94. The van der Waals surface area contributed by atoms with E-state index >= 15 is 0 Å². The van der Waals surface area contributed by atoms with E-state index in [4.69, 9.17) is 0 Å². The summed E-state index contributed by atoms with van der Waals surface area (Å²) in [7, 11) is 0. The molecule has 1 nitrogen and oxygen atoms in total. The Morgan fingerprint density at radius 1 is 1.40 bits per heavy atom. The molecule has 1 atom stereocenters. The van der Waals surface area contributed by atoms with Gasteiger partial charge in [-0.3, -0.25) is 0 Å². The van der Waals surface area contributed by atoms with Crippen LogP contribution in [0.3, 0.4) is 0 Å². The number of anilines is 1. The minimum absolute atomic E-state index is 0.373. The normalized spacial score (nSPS) is 21.9. The van der Waals surface area contributed by atoms with Gasteiger partial charge in [0.05, 0.1) is 0 Å². The van der Waals surface area contributed by atoms with E-state index in [-0.39, 0.29) is 0 Å². The number of hydrogen-bond acceptors (Lipinski definition) is 1. The van der Waals surface area contributed by atoms with Gasteiger partial charge in [0.25, 0.3) is 0 Å². The van der Waals surface area contributed by atoms with E-state index in [1.807, 2.05) is 6.07 Å². The van der Waals surface area contributed by atoms with Crippen molar-refractivity contribution < 1.29 is 0 Å². The van der Waals surface area contributed by atoms with Crippen molar-refractivity contribution in [2.75, 3.05) is 5.32 Å². The van der Waals surface area contributed by atoms with E-state index in [0.717, 1.165) is 6.42 Å². The molecule has 0 aliphatic carbocycles. The lowest BCUT2D eigenvalue weighted by Gasteiger charge is -2.00. The molecule has 1 radical (unpaired) electrons. The molecule has 0 fully saturated rings. The van der Waals surface area contributed by atoms with Gasteiger partial charge in [-0.1, -0.05) is 18.2 Å².